The van der Waals surface area contributed by atoms with Gasteiger partial charge in [-0.3, -0.25) is 4.79 Å². The van der Waals surface area contributed by atoms with Crippen LogP contribution in [0.1, 0.15) is 31.7 Å². The van der Waals surface area contributed by atoms with E-state index in [0.717, 1.165) is 0 Å². The Bertz CT molecular complexity index is 696. The van der Waals surface area contributed by atoms with E-state index in [1.165, 1.54) is 18.2 Å². The van der Waals surface area contributed by atoms with Crippen molar-refractivity contribution >= 4 is 23.5 Å². The predicted molar refractivity (Wildman–Crippen MR) is 74.1 cm³/mol. The van der Waals surface area contributed by atoms with Crippen molar-refractivity contribution in [2.45, 2.75) is 31.8 Å². The summed E-state index contributed by atoms with van der Waals surface area (Å²) in [5.41, 5.74) is 0.532. The molecule has 2 heterocycles. The maximum Gasteiger partial charge on any atom is 0.337 e. The van der Waals surface area contributed by atoms with Gasteiger partial charge in [-0.05, 0) is 31.5 Å². The monoisotopic (exact) mass is 309 g/mol. The number of esters is 1. The average molecular weight is 310 g/mol. The zero-order valence-electron chi connectivity index (χ0n) is 11.5. The molecular formula is C15H13ClFNO3. The number of nitrogens with one attached hydrogen (secondary N) is 1. The molecule has 1 aromatic carbocycles. The molecule has 0 spiro atoms. The van der Waals surface area contributed by atoms with E-state index in [4.69, 9.17) is 16.3 Å². The number of ether oxygens (including phenoxy) is 1. The van der Waals surface area contributed by atoms with Crippen LogP contribution in [0.5, 0.6) is 0 Å². The molecule has 2 aliphatic rings. The van der Waals surface area contributed by atoms with Crippen LogP contribution in [0, 0.1) is 5.82 Å². The fourth-order valence-corrected chi connectivity index (χ4v) is 3.12. The van der Waals surface area contributed by atoms with Gasteiger partial charge in [-0.25, -0.2) is 9.18 Å². The normalized spacial score (nSPS) is 23.7. The minimum atomic E-state index is -0.882. The standard InChI is InChI=1S/C15H13ClFNO3/c1-15(2)13-12(14(20)21-15)9(6-11(19)18-13)8-4-3-7(17)5-10(8)16/h3-5,9H,6H2,1-2H3,(H,18,19)/t9-/m0/s1. The lowest BCUT2D eigenvalue weighted by atomic mass is 9.83. The number of benzene rings is 1. The Morgan fingerprint density at radius 1 is 1.38 bits per heavy atom. The van der Waals surface area contributed by atoms with Crippen LogP contribution in [0.15, 0.2) is 29.5 Å². The molecular weight excluding hydrogens is 297 g/mol. The second kappa shape index (κ2) is 4.56. The van der Waals surface area contributed by atoms with Gasteiger partial charge < -0.3 is 10.1 Å². The molecule has 0 aromatic heterocycles. The number of carbonyl (C=O) groups is 2. The number of carbonyl (C=O) groups excluding carboxylic acids is 2. The van der Waals surface area contributed by atoms with E-state index in [1.54, 1.807) is 13.8 Å². The lowest BCUT2D eigenvalue weighted by molar-refractivity contribution is -0.144. The summed E-state index contributed by atoms with van der Waals surface area (Å²) < 4.78 is 18.5. The summed E-state index contributed by atoms with van der Waals surface area (Å²) in [6.45, 7) is 3.42. The first-order valence-corrected chi connectivity index (χ1v) is 6.90. The summed E-state index contributed by atoms with van der Waals surface area (Å²) in [5, 5.41) is 2.90. The predicted octanol–water partition coefficient (Wildman–Crippen LogP) is 2.67. The van der Waals surface area contributed by atoms with Gasteiger partial charge in [-0.15, -0.1) is 0 Å². The molecule has 0 aliphatic carbocycles. The van der Waals surface area contributed by atoms with Crippen molar-refractivity contribution in [3.05, 3.63) is 45.9 Å². The summed E-state index contributed by atoms with van der Waals surface area (Å²) in [6, 6.07) is 3.94. The van der Waals surface area contributed by atoms with Crippen molar-refractivity contribution in [1.29, 1.82) is 0 Å². The molecule has 2 aliphatic heterocycles. The number of halogens is 2. The molecule has 1 amide bonds. The number of hydrogen-bond acceptors (Lipinski definition) is 3. The van der Waals surface area contributed by atoms with E-state index in [2.05, 4.69) is 5.32 Å². The topological polar surface area (TPSA) is 55.4 Å². The molecule has 4 nitrogen and oxygen atoms in total. The lowest BCUT2D eigenvalue weighted by Crippen LogP contribution is -2.38. The highest BCUT2D eigenvalue weighted by Gasteiger charge is 2.47. The van der Waals surface area contributed by atoms with Crippen molar-refractivity contribution in [2.75, 3.05) is 0 Å². The Morgan fingerprint density at radius 3 is 2.76 bits per heavy atom. The summed E-state index contributed by atoms with van der Waals surface area (Å²) >= 11 is 6.07. The van der Waals surface area contributed by atoms with Crippen LogP contribution in [0.3, 0.4) is 0 Å². The lowest BCUT2D eigenvalue weighted by Gasteiger charge is -2.27. The molecule has 0 unspecified atom stereocenters. The van der Waals surface area contributed by atoms with E-state index < -0.39 is 23.3 Å². The van der Waals surface area contributed by atoms with E-state index >= 15 is 0 Å². The molecule has 110 valence electrons. The Morgan fingerprint density at radius 2 is 2.10 bits per heavy atom. The molecule has 0 fully saturated rings. The summed E-state index contributed by atoms with van der Waals surface area (Å²) in [5.74, 6) is -1.67. The van der Waals surface area contributed by atoms with Gasteiger partial charge in [-0.1, -0.05) is 17.7 Å². The zero-order chi connectivity index (χ0) is 15.4. The Labute approximate surface area is 125 Å². The molecule has 0 radical (unpaired) electrons. The van der Waals surface area contributed by atoms with Crippen molar-refractivity contribution in [2.24, 2.45) is 0 Å². The van der Waals surface area contributed by atoms with E-state index in [0.29, 0.717) is 16.8 Å². The summed E-state index contributed by atoms with van der Waals surface area (Å²) in [4.78, 5) is 24.1. The van der Waals surface area contributed by atoms with E-state index in [1.807, 2.05) is 0 Å². The second-order valence-corrected chi connectivity index (χ2v) is 6.07. The summed E-state index contributed by atoms with van der Waals surface area (Å²) in [6.07, 6.45) is 0.0787. The Balaban J connectivity index is 2.15. The van der Waals surface area contributed by atoms with E-state index in [-0.39, 0.29) is 17.4 Å². The SMILES string of the molecule is CC1(C)OC(=O)C2=C1NC(=O)C[C@H]2c1ccc(F)cc1Cl. The van der Waals surface area contributed by atoms with Crippen molar-refractivity contribution in [1.82, 2.24) is 5.32 Å². The average Bonchev–Trinajstić information content (AvgIpc) is 2.59. The molecule has 6 heteroatoms. The first kappa shape index (κ1) is 14.1. The van der Waals surface area contributed by atoms with Crippen molar-refractivity contribution in [3.8, 4) is 0 Å². The minimum Gasteiger partial charge on any atom is -0.450 e. The van der Waals surface area contributed by atoms with Gasteiger partial charge in [0, 0.05) is 17.4 Å². The highest BCUT2D eigenvalue weighted by Crippen LogP contribution is 2.44. The largest absolute Gasteiger partial charge is 0.450 e. The molecule has 0 bridgehead atoms. The highest BCUT2D eigenvalue weighted by atomic mass is 35.5. The quantitative estimate of drug-likeness (QED) is 0.811. The number of cyclic esters (lactones) is 1. The molecule has 1 N–H and O–H groups in total. The fourth-order valence-electron chi connectivity index (χ4n) is 2.83. The van der Waals surface area contributed by atoms with Gasteiger partial charge in [0.15, 0.2) is 0 Å². The van der Waals surface area contributed by atoms with Crippen LogP contribution in [-0.2, 0) is 14.3 Å². The maximum absolute atomic E-state index is 13.2. The van der Waals surface area contributed by atoms with Crippen LogP contribution < -0.4 is 5.32 Å². The van der Waals surface area contributed by atoms with Crippen LogP contribution in [-0.4, -0.2) is 17.5 Å². The van der Waals surface area contributed by atoms with Crippen molar-refractivity contribution in [3.63, 3.8) is 0 Å². The van der Waals surface area contributed by atoms with Crippen molar-refractivity contribution < 1.29 is 18.7 Å². The third-order valence-corrected chi connectivity index (χ3v) is 4.11. The smallest absolute Gasteiger partial charge is 0.337 e. The highest BCUT2D eigenvalue weighted by molar-refractivity contribution is 6.31. The summed E-state index contributed by atoms with van der Waals surface area (Å²) in [7, 11) is 0. The van der Waals surface area contributed by atoms with Gasteiger partial charge in [0.1, 0.15) is 11.4 Å². The number of hydrogen-bond donors (Lipinski definition) is 1. The maximum atomic E-state index is 13.2. The van der Waals surface area contributed by atoms with Gasteiger partial charge in [-0.2, -0.15) is 0 Å². The Kier molecular flexibility index (Phi) is 3.06. The van der Waals surface area contributed by atoms with Gasteiger partial charge >= 0.3 is 5.97 Å². The molecule has 0 saturated carbocycles. The minimum absolute atomic E-state index is 0.0787. The van der Waals surface area contributed by atoms with Gasteiger partial charge in [0.25, 0.3) is 0 Å². The fraction of sp³-hybridized carbons (Fsp3) is 0.333. The second-order valence-electron chi connectivity index (χ2n) is 5.66. The first-order valence-electron chi connectivity index (χ1n) is 6.52. The molecule has 21 heavy (non-hydrogen) atoms. The van der Waals surface area contributed by atoms with Crippen LogP contribution >= 0.6 is 11.6 Å². The molecule has 1 atom stereocenters. The zero-order valence-corrected chi connectivity index (χ0v) is 12.3. The third kappa shape index (κ3) is 2.21. The molecule has 1 aromatic rings. The molecule has 3 rings (SSSR count). The van der Waals surface area contributed by atoms with Crippen LogP contribution in [0.4, 0.5) is 4.39 Å². The number of amides is 1. The number of rotatable bonds is 1. The third-order valence-electron chi connectivity index (χ3n) is 3.78. The Hall–Kier alpha value is -1.88. The first-order chi connectivity index (χ1) is 9.79. The van der Waals surface area contributed by atoms with Gasteiger partial charge in [0.2, 0.25) is 5.91 Å². The van der Waals surface area contributed by atoms with Gasteiger partial charge in [0.05, 0.1) is 11.3 Å². The van der Waals surface area contributed by atoms with Crippen LogP contribution in [0.2, 0.25) is 5.02 Å². The van der Waals surface area contributed by atoms with Crippen LogP contribution in [0.25, 0.3) is 0 Å². The van der Waals surface area contributed by atoms with E-state index in [9.17, 15) is 14.0 Å². The molecule has 0 saturated heterocycles.